The van der Waals surface area contributed by atoms with Crippen molar-refractivity contribution < 1.29 is 14.3 Å². The Kier molecular flexibility index (Phi) is 4.05. The Morgan fingerprint density at radius 2 is 2.11 bits per heavy atom. The maximum Gasteiger partial charge on any atom is 0.246 e. The second kappa shape index (κ2) is 6.84. The van der Waals surface area contributed by atoms with Crippen molar-refractivity contribution in [2.45, 2.75) is 13.0 Å². The summed E-state index contributed by atoms with van der Waals surface area (Å²) in [5.74, 6) is 1.43. The Hall–Kier alpha value is -3.61. The molecule has 1 aromatic carbocycles. The molecule has 5 rings (SSSR count). The number of nitrogens with one attached hydrogen (secondary N) is 1. The fourth-order valence-electron chi connectivity index (χ4n) is 3.50. The van der Waals surface area contributed by atoms with Crippen LogP contribution in [0.5, 0.6) is 11.5 Å². The molecular weight excluding hydrogens is 356 g/mol. The van der Waals surface area contributed by atoms with Crippen molar-refractivity contribution in [2.75, 3.05) is 13.3 Å². The fourth-order valence-corrected chi connectivity index (χ4v) is 3.50. The Balaban J connectivity index is 1.38. The minimum Gasteiger partial charge on any atom is -0.454 e. The quantitative estimate of drug-likeness (QED) is 0.713. The van der Waals surface area contributed by atoms with E-state index in [1.54, 1.807) is 18.3 Å². The Labute approximate surface area is 161 Å². The van der Waals surface area contributed by atoms with E-state index in [9.17, 15) is 4.79 Å². The molecule has 2 aliphatic rings. The van der Waals surface area contributed by atoms with Gasteiger partial charge in [0.2, 0.25) is 12.7 Å². The van der Waals surface area contributed by atoms with Crippen molar-refractivity contribution >= 4 is 12.0 Å². The van der Waals surface area contributed by atoms with Gasteiger partial charge < -0.3 is 14.4 Å². The molecule has 7 heteroatoms. The van der Waals surface area contributed by atoms with E-state index in [1.807, 2.05) is 41.3 Å². The summed E-state index contributed by atoms with van der Waals surface area (Å²) in [5, 5.41) is 7.62. The number of rotatable bonds is 3. The monoisotopic (exact) mass is 374 g/mol. The van der Waals surface area contributed by atoms with Gasteiger partial charge >= 0.3 is 0 Å². The molecule has 0 radical (unpaired) electrons. The van der Waals surface area contributed by atoms with Gasteiger partial charge in [-0.25, -0.2) is 0 Å². The van der Waals surface area contributed by atoms with Crippen molar-refractivity contribution in [1.29, 1.82) is 0 Å². The molecule has 1 amide bonds. The second-order valence-corrected chi connectivity index (χ2v) is 6.70. The second-order valence-electron chi connectivity index (χ2n) is 6.70. The van der Waals surface area contributed by atoms with Gasteiger partial charge in [-0.2, -0.15) is 5.10 Å². The van der Waals surface area contributed by atoms with Crippen LogP contribution in [0.4, 0.5) is 0 Å². The maximum atomic E-state index is 12.6. The van der Waals surface area contributed by atoms with Crippen LogP contribution in [0.15, 0.2) is 48.7 Å². The van der Waals surface area contributed by atoms with Gasteiger partial charge in [-0.05, 0) is 36.4 Å². The number of amides is 1. The molecule has 2 aliphatic heterocycles. The molecule has 3 aromatic rings. The molecule has 0 atom stereocenters. The molecule has 140 valence electrons. The number of H-pyrrole nitrogens is 1. The number of hydrogen-bond donors (Lipinski definition) is 1. The van der Waals surface area contributed by atoms with Crippen molar-refractivity contribution in [3.05, 3.63) is 65.6 Å². The topological polar surface area (TPSA) is 80.3 Å². The van der Waals surface area contributed by atoms with E-state index in [2.05, 4.69) is 15.2 Å². The lowest BCUT2D eigenvalue weighted by atomic mass is 10.0. The summed E-state index contributed by atoms with van der Waals surface area (Å²) in [5.41, 5.74) is 4.67. The lowest BCUT2D eigenvalue weighted by Gasteiger charge is -2.26. The first-order valence-electron chi connectivity index (χ1n) is 9.12. The van der Waals surface area contributed by atoms with Gasteiger partial charge in [0.1, 0.15) is 0 Å². The molecular formula is C21H18N4O3. The number of pyridine rings is 1. The molecule has 0 fully saturated rings. The minimum absolute atomic E-state index is 0.0332. The SMILES string of the molecule is O=C(/C=C/c1ccccn1)N1CCc2[nH]nc(-c3ccc4c(c3)OCO4)c2C1. The third-order valence-corrected chi connectivity index (χ3v) is 4.98. The summed E-state index contributed by atoms with van der Waals surface area (Å²) in [6, 6.07) is 11.4. The zero-order chi connectivity index (χ0) is 18.9. The Morgan fingerprint density at radius 3 is 3.00 bits per heavy atom. The first kappa shape index (κ1) is 16.6. The first-order chi connectivity index (χ1) is 13.8. The zero-order valence-electron chi connectivity index (χ0n) is 15.1. The van der Waals surface area contributed by atoms with E-state index < -0.39 is 0 Å². The van der Waals surface area contributed by atoms with E-state index in [4.69, 9.17) is 9.47 Å². The van der Waals surface area contributed by atoms with Crippen LogP contribution >= 0.6 is 0 Å². The molecule has 1 N–H and O–H groups in total. The highest BCUT2D eigenvalue weighted by atomic mass is 16.7. The van der Waals surface area contributed by atoms with Crippen LogP contribution in [-0.4, -0.2) is 39.3 Å². The molecule has 4 heterocycles. The highest BCUT2D eigenvalue weighted by molar-refractivity contribution is 5.91. The van der Waals surface area contributed by atoms with Crippen molar-refractivity contribution in [1.82, 2.24) is 20.1 Å². The van der Waals surface area contributed by atoms with Gasteiger partial charge in [0, 0.05) is 48.6 Å². The molecule has 0 bridgehead atoms. The molecule has 0 aliphatic carbocycles. The van der Waals surface area contributed by atoms with Crippen molar-refractivity contribution in [3.8, 4) is 22.8 Å². The largest absolute Gasteiger partial charge is 0.454 e. The molecule has 2 aromatic heterocycles. The number of benzene rings is 1. The number of carbonyl (C=O) groups is 1. The van der Waals surface area contributed by atoms with Gasteiger partial charge in [0.05, 0.1) is 11.4 Å². The molecule has 0 spiro atoms. The summed E-state index contributed by atoms with van der Waals surface area (Å²) in [4.78, 5) is 18.7. The van der Waals surface area contributed by atoms with E-state index in [0.717, 1.165) is 46.1 Å². The summed E-state index contributed by atoms with van der Waals surface area (Å²) < 4.78 is 10.9. The summed E-state index contributed by atoms with van der Waals surface area (Å²) in [6.07, 6.45) is 5.77. The van der Waals surface area contributed by atoms with E-state index in [-0.39, 0.29) is 12.7 Å². The van der Waals surface area contributed by atoms with Crippen molar-refractivity contribution in [2.24, 2.45) is 0 Å². The molecule has 28 heavy (non-hydrogen) atoms. The Morgan fingerprint density at radius 1 is 1.18 bits per heavy atom. The van der Waals surface area contributed by atoms with Crippen LogP contribution in [0.3, 0.4) is 0 Å². The summed E-state index contributed by atoms with van der Waals surface area (Å²) >= 11 is 0. The number of aromatic nitrogens is 3. The predicted molar refractivity (Wildman–Crippen MR) is 103 cm³/mol. The van der Waals surface area contributed by atoms with Crippen LogP contribution in [-0.2, 0) is 17.8 Å². The minimum atomic E-state index is -0.0332. The van der Waals surface area contributed by atoms with E-state index in [1.165, 1.54) is 0 Å². The number of nitrogens with zero attached hydrogens (tertiary/aromatic N) is 3. The summed E-state index contributed by atoms with van der Waals surface area (Å²) in [7, 11) is 0. The average Bonchev–Trinajstić information content (AvgIpc) is 3.38. The number of aromatic amines is 1. The van der Waals surface area contributed by atoms with Crippen LogP contribution in [0.1, 0.15) is 17.0 Å². The van der Waals surface area contributed by atoms with Gasteiger partial charge in [0.25, 0.3) is 0 Å². The van der Waals surface area contributed by atoms with Crippen molar-refractivity contribution in [3.63, 3.8) is 0 Å². The standard InChI is InChI=1S/C21H18N4O3/c26-20(7-5-15-3-1-2-9-22-15)25-10-8-17-16(12-25)21(24-23-17)14-4-6-18-19(11-14)28-13-27-18/h1-7,9,11H,8,10,12-13H2,(H,23,24)/b7-5+. The van der Waals surface area contributed by atoms with Crippen LogP contribution < -0.4 is 9.47 Å². The molecule has 0 saturated carbocycles. The normalized spacial score (nSPS) is 15.1. The van der Waals surface area contributed by atoms with Crippen LogP contribution in [0.2, 0.25) is 0 Å². The van der Waals surface area contributed by atoms with Gasteiger partial charge in [0.15, 0.2) is 11.5 Å². The van der Waals surface area contributed by atoms with Crippen LogP contribution in [0, 0.1) is 0 Å². The van der Waals surface area contributed by atoms with Gasteiger partial charge in [-0.1, -0.05) is 6.07 Å². The first-order valence-corrected chi connectivity index (χ1v) is 9.12. The van der Waals surface area contributed by atoms with Gasteiger partial charge in [-0.15, -0.1) is 0 Å². The highest BCUT2D eigenvalue weighted by Crippen LogP contribution is 2.37. The lowest BCUT2D eigenvalue weighted by Crippen LogP contribution is -2.34. The number of carbonyl (C=O) groups excluding carboxylic acids is 1. The number of fused-ring (bicyclic) bond motifs is 2. The van der Waals surface area contributed by atoms with Gasteiger partial charge in [-0.3, -0.25) is 14.9 Å². The predicted octanol–water partition coefficient (Wildman–Crippen LogP) is 2.80. The molecule has 0 saturated heterocycles. The summed E-state index contributed by atoms with van der Waals surface area (Å²) in [6.45, 7) is 1.41. The third-order valence-electron chi connectivity index (χ3n) is 4.98. The third kappa shape index (κ3) is 3.00. The molecule has 0 unspecified atom stereocenters. The van der Waals surface area contributed by atoms with E-state index in [0.29, 0.717) is 13.1 Å². The lowest BCUT2D eigenvalue weighted by molar-refractivity contribution is -0.126. The fraction of sp³-hybridized carbons (Fsp3) is 0.190. The zero-order valence-corrected chi connectivity index (χ0v) is 15.1. The number of ether oxygens (including phenoxy) is 2. The maximum absolute atomic E-state index is 12.6. The highest BCUT2D eigenvalue weighted by Gasteiger charge is 2.25. The Bertz CT molecular complexity index is 1060. The molecule has 7 nitrogen and oxygen atoms in total. The van der Waals surface area contributed by atoms with Crippen LogP contribution in [0.25, 0.3) is 17.3 Å². The smallest absolute Gasteiger partial charge is 0.246 e. The van der Waals surface area contributed by atoms with E-state index >= 15 is 0 Å². The number of hydrogen-bond acceptors (Lipinski definition) is 5. The average molecular weight is 374 g/mol.